The smallest absolute Gasteiger partial charge is 0.353 e. The van der Waals surface area contributed by atoms with Gasteiger partial charge in [-0.1, -0.05) is 6.08 Å². The molecule has 0 aromatic heterocycles. The van der Waals surface area contributed by atoms with Gasteiger partial charge in [0.25, 0.3) is 0 Å². The largest absolute Gasteiger partial charge is 0.478 e. The number of carboxylic acids is 2. The van der Waals surface area contributed by atoms with E-state index >= 15 is 0 Å². The molecule has 4 nitrogen and oxygen atoms in total. The Kier molecular flexibility index (Phi) is 2.74. The lowest BCUT2D eigenvalue weighted by Gasteiger charge is -2.11. The number of alkyl halides is 1. The van der Waals surface area contributed by atoms with E-state index < -0.39 is 24.0 Å². The Labute approximate surface area is 62.0 Å². The summed E-state index contributed by atoms with van der Waals surface area (Å²) >= 11 is 0. The lowest BCUT2D eigenvalue weighted by molar-refractivity contribution is -0.166. The quantitative estimate of drug-likeness (QED) is 0.464. The molecule has 2 N–H and O–H groups in total. The fourth-order valence-electron chi connectivity index (χ4n) is 0.465. The first-order valence-corrected chi connectivity index (χ1v) is 2.71. The van der Waals surface area contributed by atoms with Crippen LogP contribution in [-0.2, 0) is 9.59 Å². The standard InChI is InChI=1S/C6H7FO4/c1-2-3-6(7,4(8)9)5(10)11/h2H,1,3H2,(H,8,9)(H,10,11). The molecule has 62 valence electrons. The van der Waals surface area contributed by atoms with Crippen molar-refractivity contribution < 1.29 is 24.2 Å². The molecule has 0 aliphatic heterocycles. The van der Waals surface area contributed by atoms with Crippen LogP contribution in [0, 0.1) is 0 Å². The molecule has 11 heavy (non-hydrogen) atoms. The van der Waals surface area contributed by atoms with E-state index in [0.29, 0.717) is 0 Å². The fraction of sp³-hybridized carbons (Fsp3) is 0.333. The topological polar surface area (TPSA) is 74.6 Å². The van der Waals surface area contributed by atoms with Gasteiger partial charge in [0.05, 0.1) is 0 Å². The van der Waals surface area contributed by atoms with Crippen LogP contribution in [0.5, 0.6) is 0 Å². The molecule has 0 aromatic carbocycles. The first-order chi connectivity index (χ1) is 4.95. The van der Waals surface area contributed by atoms with Gasteiger partial charge in [0.1, 0.15) is 0 Å². The first kappa shape index (κ1) is 9.61. The summed E-state index contributed by atoms with van der Waals surface area (Å²) in [6.07, 6.45) is 0.167. The first-order valence-electron chi connectivity index (χ1n) is 2.71. The molecule has 0 bridgehead atoms. The number of hydrogen-bond donors (Lipinski definition) is 2. The summed E-state index contributed by atoms with van der Waals surface area (Å²) < 4.78 is 12.8. The van der Waals surface area contributed by atoms with Crippen LogP contribution in [0.25, 0.3) is 0 Å². The molecule has 0 amide bonds. The Morgan fingerprint density at radius 3 is 1.91 bits per heavy atom. The van der Waals surface area contributed by atoms with E-state index in [1.54, 1.807) is 0 Å². The second-order valence-electron chi connectivity index (χ2n) is 1.90. The molecule has 0 radical (unpaired) electrons. The van der Waals surface area contributed by atoms with Crippen LogP contribution in [0.3, 0.4) is 0 Å². The number of carbonyl (C=O) groups is 2. The van der Waals surface area contributed by atoms with Crippen molar-refractivity contribution >= 4 is 11.9 Å². The van der Waals surface area contributed by atoms with Gasteiger partial charge in [-0.3, -0.25) is 0 Å². The molecule has 0 unspecified atom stereocenters. The Balaban J connectivity index is 4.65. The van der Waals surface area contributed by atoms with Crippen LogP contribution in [0.15, 0.2) is 12.7 Å². The maximum absolute atomic E-state index is 12.8. The van der Waals surface area contributed by atoms with Gasteiger partial charge < -0.3 is 10.2 Å². The van der Waals surface area contributed by atoms with Crippen molar-refractivity contribution in [2.24, 2.45) is 0 Å². The zero-order valence-corrected chi connectivity index (χ0v) is 5.58. The average molecular weight is 162 g/mol. The molecular weight excluding hydrogens is 155 g/mol. The predicted octanol–water partition coefficient (Wildman–Crippen LogP) is 0.440. The normalized spacial score (nSPS) is 10.6. The second-order valence-corrected chi connectivity index (χ2v) is 1.90. The lowest BCUT2D eigenvalue weighted by atomic mass is 10.0. The monoisotopic (exact) mass is 162 g/mol. The van der Waals surface area contributed by atoms with Gasteiger partial charge in [-0.2, -0.15) is 0 Å². The second kappa shape index (κ2) is 3.14. The fourth-order valence-corrected chi connectivity index (χ4v) is 0.465. The molecule has 0 rings (SSSR count). The van der Waals surface area contributed by atoms with E-state index in [1.165, 1.54) is 0 Å². The third kappa shape index (κ3) is 1.76. The highest BCUT2D eigenvalue weighted by Gasteiger charge is 2.46. The third-order valence-electron chi connectivity index (χ3n) is 1.10. The van der Waals surface area contributed by atoms with Gasteiger partial charge >= 0.3 is 17.6 Å². The molecule has 0 aromatic rings. The molecule has 0 fully saturated rings. The van der Waals surface area contributed by atoms with Gasteiger partial charge in [0, 0.05) is 6.42 Å². The molecule has 0 saturated heterocycles. The molecule has 5 heteroatoms. The molecule has 0 atom stereocenters. The van der Waals surface area contributed by atoms with Crippen molar-refractivity contribution in [3.8, 4) is 0 Å². The number of allylic oxidation sites excluding steroid dienone is 1. The zero-order valence-electron chi connectivity index (χ0n) is 5.58. The lowest BCUT2D eigenvalue weighted by Crippen LogP contribution is -2.41. The molecule has 0 saturated carbocycles. The highest BCUT2D eigenvalue weighted by molar-refractivity contribution is 6.01. The maximum atomic E-state index is 12.8. The minimum Gasteiger partial charge on any atom is -0.478 e. The van der Waals surface area contributed by atoms with E-state index in [9.17, 15) is 14.0 Å². The number of halogens is 1. The number of aliphatic carboxylic acids is 2. The van der Waals surface area contributed by atoms with E-state index in [1.807, 2.05) is 0 Å². The summed E-state index contributed by atoms with van der Waals surface area (Å²) in [6.45, 7) is 3.04. The summed E-state index contributed by atoms with van der Waals surface area (Å²) in [5.74, 6) is -4.02. The SMILES string of the molecule is C=CCC(F)(C(=O)O)C(=O)O. The Morgan fingerprint density at radius 1 is 1.45 bits per heavy atom. The van der Waals surface area contributed by atoms with Crippen LogP contribution in [0.1, 0.15) is 6.42 Å². The third-order valence-corrected chi connectivity index (χ3v) is 1.10. The zero-order chi connectivity index (χ0) is 9.07. The summed E-state index contributed by atoms with van der Waals surface area (Å²) in [6, 6.07) is 0. The molecule has 0 heterocycles. The minimum atomic E-state index is -3.23. The summed E-state index contributed by atoms with van der Waals surface area (Å²) in [5.41, 5.74) is -3.23. The van der Waals surface area contributed by atoms with Crippen molar-refractivity contribution in [2.45, 2.75) is 12.1 Å². The van der Waals surface area contributed by atoms with E-state index in [0.717, 1.165) is 6.08 Å². The maximum Gasteiger partial charge on any atom is 0.353 e. The van der Waals surface area contributed by atoms with Crippen LogP contribution in [0.2, 0.25) is 0 Å². The molecule has 0 spiro atoms. The van der Waals surface area contributed by atoms with Gasteiger partial charge in [-0.15, -0.1) is 6.58 Å². The highest BCUT2D eigenvalue weighted by atomic mass is 19.1. The van der Waals surface area contributed by atoms with E-state index in [2.05, 4.69) is 6.58 Å². The summed E-state index contributed by atoms with van der Waals surface area (Å²) in [5, 5.41) is 16.3. The van der Waals surface area contributed by atoms with Crippen molar-refractivity contribution in [1.82, 2.24) is 0 Å². The Bertz CT molecular complexity index is 185. The van der Waals surface area contributed by atoms with Crippen LogP contribution >= 0.6 is 0 Å². The summed E-state index contributed by atoms with van der Waals surface area (Å²) in [7, 11) is 0. The van der Waals surface area contributed by atoms with Gasteiger partial charge in [0.2, 0.25) is 0 Å². The Morgan fingerprint density at radius 2 is 1.82 bits per heavy atom. The minimum absolute atomic E-state index is 0.738. The van der Waals surface area contributed by atoms with Crippen LogP contribution < -0.4 is 0 Å². The average Bonchev–Trinajstić information content (AvgIpc) is 1.87. The van der Waals surface area contributed by atoms with Crippen LogP contribution in [0.4, 0.5) is 4.39 Å². The Hall–Kier alpha value is -1.39. The van der Waals surface area contributed by atoms with Crippen molar-refractivity contribution in [2.75, 3.05) is 0 Å². The molecule has 0 aliphatic rings. The number of hydrogen-bond acceptors (Lipinski definition) is 2. The number of carboxylic acid groups (broad SMARTS) is 2. The van der Waals surface area contributed by atoms with E-state index in [-0.39, 0.29) is 0 Å². The van der Waals surface area contributed by atoms with E-state index in [4.69, 9.17) is 10.2 Å². The van der Waals surface area contributed by atoms with Crippen molar-refractivity contribution in [1.29, 1.82) is 0 Å². The van der Waals surface area contributed by atoms with Gasteiger partial charge in [0.15, 0.2) is 0 Å². The predicted molar refractivity (Wildman–Crippen MR) is 33.9 cm³/mol. The van der Waals surface area contributed by atoms with Gasteiger partial charge in [-0.05, 0) is 0 Å². The summed E-state index contributed by atoms with van der Waals surface area (Å²) in [4.78, 5) is 20.1. The van der Waals surface area contributed by atoms with Crippen molar-refractivity contribution in [3.63, 3.8) is 0 Å². The highest BCUT2D eigenvalue weighted by Crippen LogP contribution is 2.17. The van der Waals surface area contributed by atoms with Crippen molar-refractivity contribution in [3.05, 3.63) is 12.7 Å². The van der Waals surface area contributed by atoms with Gasteiger partial charge in [-0.25, -0.2) is 14.0 Å². The number of rotatable bonds is 4. The van der Waals surface area contributed by atoms with Crippen LogP contribution in [-0.4, -0.2) is 27.8 Å². The molecular formula is C6H7FO4. The molecule has 0 aliphatic carbocycles.